The minimum atomic E-state index is -0.112. The molecule has 1 fully saturated rings. The van der Waals surface area contributed by atoms with Gasteiger partial charge in [0.2, 0.25) is 5.91 Å². The molecule has 2 N–H and O–H groups in total. The van der Waals surface area contributed by atoms with Crippen molar-refractivity contribution in [2.24, 2.45) is 0 Å². The molecule has 0 unspecified atom stereocenters. The number of hydrogen-bond donors (Lipinski definition) is 2. The largest absolute Gasteiger partial charge is 0.354 e. The quantitative estimate of drug-likeness (QED) is 0.740. The number of piperazine rings is 1. The zero-order valence-electron chi connectivity index (χ0n) is 16.4. The first kappa shape index (κ1) is 20.3. The lowest BCUT2D eigenvalue weighted by Gasteiger charge is -2.34. The molecule has 3 heterocycles. The molecular formula is C20H27N5O2S. The van der Waals surface area contributed by atoms with Crippen molar-refractivity contribution in [3.8, 4) is 0 Å². The third-order valence-corrected chi connectivity index (χ3v) is 5.89. The minimum Gasteiger partial charge on any atom is -0.354 e. The summed E-state index contributed by atoms with van der Waals surface area (Å²) in [5.74, 6) is 0.799. The van der Waals surface area contributed by atoms with Crippen molar-refractivity contribution < 1.29 is 9.59 Å². The van der Waals surface area contributed by atoms with Crippen LogP contribution in [0.3, 0.4) is 0 Å². The van der Waals surface area contributed by atoms with Crippen molar-refractivity contribution in [3.63, 3.8) is 0 Å². The number of hydrogen-bond acceptors (Lipinski definition) is 6. The van der Waals surface area contributed by atoms with Gasteiger partial charge in [-0.2, -0.15) is 0 Å². The van der Waals surface area contributed by atoms with Gasteiger partial charge in [0.1, 0.15) is 5.82 Å². The van der Waals surface area contributed by atoms with Crippen molar-refractivity contribution in [2.45, 2.75) is 26.9 Å². The fourth-order valence-corrected chi connectivity index (χ4v) is 3.94. The monoisotopic (exact) mass is 401 g/mol. The Morgan fingerprint density at radius 1 is 1.07 bits per heavy atom. The van der Waals surface area contributed by atoms with Crippen LogP contribution >= 0.6 is 11.3 Å². The number of pyridine rings is 1. The molecule has 150 valence electrons. The van der Waals surface area contributed by atoms with Gasteiger partial charge in [-0.3, -0.25) is 9.59 Å². The standard InChI is InChI=1S/C20H27N5O2S/c1-3-24-8-10-25(11-9-24)19-7-4-16(12-22-19)13-23-20(27)18-6-5-17(28-18)14-21-15(2)26/h4-7,12H,3,8-11,13-14H2,1-2H3,(H,21,26)(H,23,27). The smallest absolute Gasteiger partial charge is 0.261 e. The van der Waals surface area contributed by atoms with Crippen LogP contribution in [0.25, 0.3) is 0 Å². The van der Waals surface area contributed by atoms with E-state index >= 15 is 0 Å². The van der Waals surface area contributed by atoms with E-state index < -0.39 is 0 Å². The summed E-state index contributed by atoms with van der Waals surface area (Å²) in [7, 11) is 0. The Morgan fingerprint density at radius 2 is 1.86 bits per heavy atom. The maximum absolute atomic E-state index is 12.3. The van der Waals surface area contributed by atoms with E-state index in [0.29, 0.717) is 18.0 Å². The van der Waals surface area contributed by atoms with E-state index in [1.165, 1.54) is 18.3 Å². The molecule has 1 aliphatic rings. The molecule has 0 radical (unpaired) electrons. The van der Waals surface area contributed by atoms with Gasteiger partial charge in [-0.25, -0.2) is 4.98 Å². The number of rotatable bonds is 7. The number of anilines is 1. The summed E-state index contributed by atoms with van der Waals surface area (Å²) in [4.78, 5) is 34.2. The van der Waals surface area contributed by atoms with Crippen LogP contribution in [-0.4, -0.2) is 54.4 Å². The van der Waals surface area contributed by atoms with Crippen LogP contribution in [0, 0.1) is 0 Å². The first-order chi connectivity index (χ1) is 13.5. The van der Waals surface area contributed by atoms with Crippen LogP contribution in [-0.2, 0) is 17.9 Å². The van der Waals surface area contributed by atoms with E-state index in [1.807, 2.05) is 24.4 Å². The zero-order chi connectivity index (χ0) is 19.9. The Morgan fingerprint density at radius 3 is 2.50 bits per heavy atom. The molecule has 0 aromatic carbocycles. The Labute approximate surface area is 169 Å². The average molecular weight is 402 g/mol. The molecule has 1 aliphatic heterocycles. The molecule has 28 heavy (non-hydrogen) atoms. The number of aromatic nitrogens is 1. The highest BCUT2D eigenvalue weighted by Gasteiger charge is 2.16. The van der Waals surface area contributed by atoms with Gasteiger partial charge < -0.3 is 20.4 Å². The SMILES string of the molecule is CCN1CCN(c2ccc(CNC(=O)c3ccc(CNC(C)=O)s3)cn2)CC1. The van der Waals surface area contributed by atoms with E-state index in [4.69, 9.17) is 0 Å². The van der Waals surface area contributed by atoms with Crippen molar-refractivity contribution in [1.29, 1.82) is 0 Å². The highest BCUT2D eigenvalue weighted by atomic mass is 32.1. The van der Waals surface area contributed by atoms with Crippen molar-refractivity contribution in [3.05, 3.63) is 45.8 Å². The van der Waals surface area contributed by atoms with E-state index in [0.717, 1.165) is 49.0 Å². The summed E-state index contributed by atoms with van der Waals surface area (Å²) in [6, 6.07) is 7.70. The molecule has 8 heteroatoms. The van der Waals surface area contributed by atoms with E-state index in [1.54, 1.807) is 6.07 Å². The Bertz CT molecular complexity index is 797. The van der Waals surface area contributed by atoms with Crippen LogP contribution in [0.1, 0.15) is 34.0 Å². The second kappa shape index (κ2) is 9.66. The van der Waals surface area contributed by atoms with Crippen LogP contribution in [0.5, 0.6) is 0 Å². The molecule has 0 aliphatic carbocycles. The van der Waals surface area contributed by atoms with Gasteiger partial charge >= 0.3 is 0 Å². The number of nitrogens with one attached hydrogen (secondary N) is 2. The lowest BCUT2D eigenvalue weighted by atomic mass is 10.2. The summed E-state index contributed by atoms with van der Waals surface area (Å²) in [5.41, 5.74) is 0.972. The first-order valence-electron chi connectivity index (χ1n) is 9.58. The Hall–Kier alpha value is -2.45. The van der Waals surface area contributed by atoms with Gasteiger partial charge in [-0.1, -0.05) is 13.0 Å². The minimum absolute atomic E-state index is 0.0809. The predicted molar refractivity (Wildman–Crippen MR) is 112 cm³/mol. The lowest BCUT2D eigenvalue weighted by molar-refractivity contribution is -0.119. The van der Waals surface area contributed by atoms with E-state index in [9.17, 15) is 9.59 Å². The van der Waals surface area contributed by atoms with Gasteiger partial charge in [0.15, 0.2) is 0 Å². The van der Waals surface area contributed by atoms with Crippen LogP contribution in [0.2, 0.25) is 0 Å². The van der Waals surface area contributed by atoms with Crippen molar-refractivity contribution in [2.75, 3.05) is 37.6 Å². The predicted octanol–water partition coefficient (Wildman–Crippen LogP) is 1.85. The van der Waals surface area contributed by atoms with Gasteiger partial charge in [-0.05, 0) is 30.3 Å². The van der Waals surface area contributed by atoms with Crippen LogP contribution in [0.15, 0.2) is 30.5 Å². The summed E-state index contributed by atoms with van der Waals surface area (Å²) in [5, 5.41) is 5.66. The third kappa shape index (κ3) is 5.53. The molecule has 0 atom stereocenters. The summed E-state index contributed by atoms with van der Waals surface area (Å²) in [6.07, 6.45) is 1.83. The van der Waals surface area contributed by atoms with E-state index in [-0.39, 0.29) is 11.8 Å². The molecule has 7 nitrogen and oxygen atoms in total. The second-order valence-electron chi connectivity index (χ2n) is 6.80. The Balaban J connectivity index is 1.48. The first-order valence-corrected chi connectivity index (χ1v) is 10.4. The topological polar surface area (TPSA) is 77.6 Å². The molecule has 0 bridgehead atoms. The normalized spacial score (nSPS) is 14.7. The molecule has 1 saturated heterocycles. The fraction of sp³-hybridized carbons (Fsp3) is 0.450. The highest BCUT2D eigenvalue weighted by molar-refractivity contribution is 7.14. The number of thiophene rings is 1. The van der Waals surface area contributed by atoms with Crippen LogP contribution < -0.4 is 15.5 Å². The number of carbonyl (C=O) groups excluding carboxylic acids is 2. The molecule has 3 rings (SSSR count). The molecule has 2 amide bonds. The number of likely N-dealkylation sites (N-methyl/N-ethyl adjacent to an activating group) is 1. The number of amides is 2. The average Bonchev–Trinajstić information content (AvgIpc) is 3.20. The fourth-order valence-electron chi connectivity index (χ4n) is 3.08. The van der Waals surface area contributed by atoms with Gasteiger partial charge in [0.25, 0.3) is 5.91 Å². The lowest BCUT2D eigenvalue weighted by Crippen LogP contribution is -2.46. The molecule has 0 saturated carbocycles. The van der Waals surface area contributed by atoms with Crippen LogP contribution in [0.4, 0.5) is 5.82 Å². The molecule has 2 aromatic rings. The molecule has 0 spiro atoms. The zero-order valence-corrected chi connectivity index (χ0v) is 17.2. The summed E-state index contributed by atoms with van der Waals surface area (Å²) in [6.45, 7) is 9.79. The van der Waals surface area contributed by atoms with Crippen molar-refractivity contribution in [1.82, 2.24) is 20.5 Å². The van der Waals surface area contributed by atoms with Crippen molar-refractivity contribution >= 4 is 29.0 Å². The van der Waals surface area contributed by atoms with Gasteiger partial charge in [0.05, 0.1) is 11.4 Å². The summed E-state index contributed by atoms with van der Waals surface area (Å²) >= 11 is 1.39. The van der Waals surface area contributed by atoms with E-state index in [2.05, 4.69) is 32.3 Å². The third-order valence-electron chi connectivity index (χ3n) is 4.80. The highest BCUT2D eigenvalue weighted by Crippen LogP contribution is 2.17. The number of nitrogens with zero attached hydrogens (tertiary/aromatic N) is 3. The van der Waals surface area contributed by atoms with Gasteiger partial charge in [0, 0.05) is 50.7 Å². The van der Waals surface area contributed by atoms with Gasteiger partial charge in [-0.15, -0.1) is 11.3 Å². The summed E-state index contributed by atoms with van der Waals surface area (Å²) < 4.78 is 0. The molecule has 2 aromatic heterocycles. The maximum Gasteiger partial charge on any atom is 0.261 e. The Kier molecular flexibility index (Phi) is 7.00. The second-order valence-corrected chi connectivity index (χ2v) is 7.97. The maximum atomic E-state index is 12.3. The molecular weight excluding hydrogens is 374 g/mol. The number of carbonyl (C=O) groups is 2.